The minimum atomic E-state index is 0.260. The van der Waals surface area contributed by atoms with Gasteiger partial charge < -0.3 is 10.2 Å². The highest BCUT2D eigenvalue weighted by Crippen LogP contribution is 2.29. The molecule has 1 aromatic carbocycles. The third-order valence-electron chi connectivity index (χ3n) is 5.77. The molecule has 2 aliphatic heterocycles. The maximum Gasteiger partial charge on any atom is 0.233 e. The summed E-state index contributed by atoms with van der Waals surface area (Å²) in [6.45, 7) is 1.76. The van der Waals surface area contributed by atoms with Crippen LogP contribution in [-0.4, -0.2) is 46.9 Å². The Bertz CT molecular complexity index is 625. The van der Waals surface area contributed by atoms with E-state index in [9.17, 15) is 4.79 Å². The van der Waals surface area contributed by atoms with Crippen molar-refractivity contribution in [3.05, 3.63) is 35.9 Å². The summed E-state index contributed by atoms with van der Waals surface area (Å²) < 4.78 is 0. The zero-order valence-electron chi connectivity index (χ0n) is 14.7. The third kappa shape index (κ3) is 4.02. The number of nitrogens with zero attached hydrogens (tertiary/aromatic N) is 2. The van der Waals surface area contributed by atoms with Crippen LogP contribution in [0.3, 0.4) is 0 Å². The average molecular weight is 358 g/mol. The Balaban J connectivity index is 1.23. The summed E-state index contributed by atoms with van der Waals surface area (Å²) in [5, 5.41) is 4.51. The molecule has 1 aromatic rings. The normalized spacial score (nSPS) is 26.7. The molecule has 0 unspecified atom stereocenters. The summed E-state index contributed by atoms with van der Waals surface area (Å²) in [6.07, 6.45) is 7.16. The van der Waals surface area contributed by atoms with Gasteiger partial charge in [-0.3, -0.25) is 9.79 Å². The van der Waals surface area contributed by atoms with Gasteiger partial charge in [-0.25, -0.2) is 0 Å². The molecule has 4 rings (SSSR count). The summed E-state index contributed by atoms with van der Waals surface area (Å²) in [5.41, 5.74) is 1.41. The summed E-state index contributed by atoms with van der Waals surface area (Å²) in [4.78, 5) is 19.3. The number of aliphatic imine (C=N–C) groups is 1. The zero-order chi connectivity index (χ0) is 17.1. The molecule has 0 radical (unpaired) electrons. The highest BCUT2D eigenvalue weighted by atomic mass is 32.2. The van der Waals surface area contributed by atoms with E-state index >= 15 is 0 Å². The number of nitrogens with one attached hydrogen (secondary N) is 1. The number of likely N-dealkylation sites (tertiary alicyclic amines) is 1. The number of hydrogen-bond donors (Lipinski definition) is 1. The zero-order valence-corrected chi connectivity index (χ0v) is 15.5. The van der Waals surface area contributed by atoms with E-state index in [1.807, 2.05) is 4.90 Å². The molecule has 2 atom stereocenters. The first kappa shape index (κ1) is 17.0. The van der Waals surface area contributed by atoms with Gasteiger partial charge in [0.15, 0.2) is 5.17 Å². The highest BCUT2D eigenvalue weighted by molar-refractivity contribution is 8.14. The van der Waals surface area contributed by atoms with Gasteiger partial charge in [0.1, 0.15) is 0 Å². The number of amides is 1. The summed E-state index contributed by atoms with van der Waals surface area (Å²) in [6, 6.07) is 11.7. The second-order valence-electron chi connectivity index (χ2n) is 7.39. The van der Waals surface area contributed by atoms with E-state index in [0.29, 0.717) is 23.8 Å². The first-order chi connectivity index (χ1) is 12.3. The van der Waals surface area contributed by atoms with Crippen LogP contribution in [0.4, 0.5) is 0 Å². The van der Waals surface area contributed by atoms with Gasteiger partial charge in [-0.2, -0.15) is 0 Å². The third-order valence-corrected chi connectivity index (χ3v) is 6.66. The molecule has 1 saturated carbocycles. The van der Waals surface area contributed by atoms with E-state index in [4.69, 9.17) is 4.99 Å². The van der Waals surface area contributed by atoms with Crippen LogP contribution in [0.2, 0.25) is 0 Å². The Labute approximate surface area is 154 Å². The summed E-state index contributed by atoms with van der Waals surface area (Å²) in [5.74, 6) is 1.37. The molecule has 3 aliphatic rings. The number of fused-ring (bicyclic) bond motifs is 1. The largest absolute Gasteiger partial charge is 0.360 e. The van der Waals surface area contributed by atoms with Crippen LogP contribution in [-0.2, 0) is 4.79 Å². The van der Waals surface area contributed by atoms with Crippen molar-refractivity contribution < 1.29 is 4.79 Å². The Morgan fingerprint density at radius 1 is 1.12 bits per heavy atom. The minimum Gasteiger partial charge on any atom is -0.360 e. The number of carbonyl (C=O) groups excluding carboxylic acids is 1. The van der Waals surface area contributed by atoms with Gasteiger partial charge in [-0.15, -0.1) is 0 Å². The van der Waals surface area contributed by atoms with Gasteiger partial charge >= 0.3 is 0 Å². The van der Waals surface area contributed by atoms with Crippen LogP contribution in [0.5, 0.6) is 0 Å². The molecule has 2 fully saturated rings. The van der Waals surface area contributed by atoms with Crippen LogP contribution >= 0.6 is 11.8 Å². The molecule has 1 aliphatic carbocycles. The predicted octanol–water partition coefficient (Wildman–Crippen LogP) is 3.40. The number of hydrogen-bond acceptors (Lipinski definition) is 4. The minimum absolute atomic E-state index is 0.260. The second-order valence-corrected chi connectivity index (χ2v) is 8.36. The van der Waals surface area contributed by atoms with Gasteiger partial charge in [0.25, 0.3) is 0 Å². The monoisotopic (exact) mass is 357 g/mol. The lowest BCUT2D eigenvalue weighted by atomic mass is 9.89. The SMILES string of the molecule is O=C(CSC1=N[C@H]2CCCC[C@@H]2N1)N1CCC(c2ccccc2)CC1. The van der Waals surface area contributed by atoms with E-state index in [0.717, 1.165) is 31.1 Å². The van der Waals surface area contributed by atoms with Crippen LogP contribution in [0, 0.1) is 0 Å². The molecule has 5 heteroatoms. The first-order valence-electron chi connectivity index (χ1n) is 9.59. The fraction of sp³-hybridized carbons (Fsp3) is 0.600. The molecule has 4 nitrogen and oxygen atoms in total. The van der Waals surface area contributed by atoms with Gasteiger partial charge in [-0.1, -0.05) is 54.9 Å². The molecule has 2 heterocycles. The number of benzene rings is 1. The number of rotatable bonds is 3. The molecule has 0 spiro atoms. The molecular formula is C20H27N3OS. The lowest BCUT2D eigenvalue weighted by Gasteiger charge is -2.32. The Hall–Kier alpha value is -1.49. The van der Waals surface area contributed by atoms with Gasteiger partial charge in [-0.05, 0) is 37.2 Å². The highest BCUT2D eigenvalue weighted by Gasteiger charge is 2.31. The topological polar surface area (TPSA) is 44.7 Å². The number of piperidine rings is 1. The van der Waals surface area contributed by atoms with Gasteiger partial charge in [0, 0.05) is 13.1 Å². The Kier molecular flexibility index (Phi) is 5.30. The second kappa shape index (κ2) is 7.81. The average Bonchev–Trinajstić information content (AvgIpc) is 3.10. The number of carbonyl (C=O) groups is 1. The van der Waals surface area contributed by atoms with Crippen LogP contribution in [0.1, 0.15) is 50.0 Å². The predicted molar refractivity (Wildman–Crippen MR) is 104 cm³/mol. The van der Waals surface area contributed by atoms with Crippen LogP contribution in [0.15, 0.2) is 35.3 Å². The van der Waals surface area contributed by atoms with Crippen molar-refractivity contribution in [3.8, 4) is 0 Å². The van der Waals surface area contributed by atoms with Crippen molar-refractivity contribution in [1.29, 1.82) is 0 Å². The quantitative estimate of drug-likeness (QED) is 0.902. The lowest BCUT2D eigenvalue weighted by Crippen LogP contribution is -2.39. The standard InChI is InChI=1S/C20H27N3OS/c24-19(14-25-20-21-17-8-4-5-9-18(17)22-20)23-12-10-16(11-13-23)15-6-2-1-3-7-15/h1-3,6-7,16-18H,4-5,8-14H2,(H,21,22)/t17-,18-/m0/s1. The van der Waals surface area contributed by atoms with E-state index < -0.39 is 0 Å². The maximum atomic E-state index is 12.5. The van der Waals surface area contributed by atoms with E-state index in [1.54, 1.807) is 11.8 Å². The maximum absolute atomic E-state index is 12.5. The molecule has 25 heavy (non-hydrogen) atoms. The van der Waals surface area contributed by atoms with Gasteiger partial charge in [0.2, 0.25) is 5.91 Å². The smallest absolute Gasteiger partial charge is 0.233 e. The molecule has 0 aromatic heterocycles. The van der Waals surface area contributed by atoms with Crippen molar-refractivity contribution in [1.82, 2.24) is 10.2 Å². The van der Waals surface area contributed by atoms with E-state index in [2.05, 4.69) is 35.6 Å². The summed E-state index contributed by atoms with van der Waals surface area (Å²) >= 11 is 1.60. The van der Waals surface area contributed by atoms with Crippen LogP contribution < -0.4 is 5.32 Å². The van der Waals surface area contributed by atoms with E-state index in [-0.39, 0.29) is 5.91 Å². The Morgan fingerprint density at radius 3 is 2.64 bits per heavy atom. The fourth-order valence-electron chi connectivity index (χ4n) is 4.27. The fourth-order valence-corrected chi connectivity index (χ4v) is 5.16. The van der Waals surface area contributed by atoms with Crippen molar-refractivity contribution in [2.75, 3.05) is 18.8 Å². The Morgan fingerprint density at radius 2 is 1.88 bits per heavy atom. The molecule has 1 saturated heterocycles. The van der Waals surface area contributed by atoms with Crippen molar-refractivity contribution >= 4 is 22.8 Å². The number of thioether (sulfide) groups is 1. The van der Waals surface area contributed by atoms with E-state index in [1.165, 1.54) is 31.2 Å². The number of amidine groups is 1. The van der Waals surface area contributed by atoms with Gasteiger partial charge in [0.05, 0.1) is 17.8 Å². The van der Waals surface area contributed by atoms with Crippen molar-refractivity contribution in [2.24, 2.45) is 4.99 Å². The summed E-state index contributed by atoms with van der Waals surface area (Å²) in [7, 11) is 0. The molecule has 0 bridgehead atoms. The van der Waals surface area contributed by atoms with Crippen LogP contribution in [0.25, 0.3) is 0 Å². The first-order valence-corrected chi connectivity index (χ1v) is 10.6. The van der Waals surface area contributed by atoms with Crippen molar-refractivity contribution in [3.63, 3.8) is 0 Å². The molecule has 1 N–H and O–H groups in total. The van der Waals surface area contributed by atoms with Crippen molar-refractivity contribution in [2.45, 2.75) is 56.5 Å². The molecular weight excluding hydrogens is 330 g/mol. The lowest BCUT2D eigenvalue weighted by molar-refractivity contribution is -0.129. The molecule has 1 amide bonds. The molecule has 134 valence electrons.